The molecule has 9 heteroatoms. The molecular formula is C18H18FN5O3. The highest BCUT2D eigenvalue weighted by Crippen LogP contribution is 2.23. The number of carbonyl (C=O) groups is 2. The third-order valence-electron chi connectivity index (χ3n) is 4.05. The van der Waals surface area contributed by atoms with Gasteiger partial charge in [0.25, 0.3) is 11.8 Å². The fourth-order valence-electron chi connectivity index (χ4n) is 2.40. The van der Waals surface area contributed by atoms with Gasteiger partial charge in [-0.2, -0.15) is 5.10 Å². The van der Waals surface area contributed by atoms with Crippen molar-refractivity contribution in [2.45, 2.75) is 6.92 Å². The van der Waals surface area contributed by atoms with Crippen LogP contribution in [0.5, 0.6) is 0 Å². The third-order valence-corrected chi connectivity index (χ3v) is 4.05. The average molecular weight is 371 g/mol. The Balaban J connectivity index is 1.49. The van der Waals surface area contributed by atoms with Crippen molar-refractivity contribution >= 4 is 11.8 Å². The summed E-state index contributed by atoms with van der Waals surface area (Å²) in [5.41, 5.74) is 2.13. The molecular weight excluding hydrogens is 353 g/mol. The van der Waals surface area contributed by atoms with Crippen molar-refractivity contribution in [3.05, 3.63) is 59.3 Å². The van der Waals surface area contributed by atoms with Crippen LogP contribution in [0.1, 0.15) is 26.5 Å². The third kappa shape index (κ3) is 4.20. The van der Waals surface area contributed by atoms with E-state index < -0.39 is 11.7 Å². The summed E-state index contributed by atoms with van der Waals surface area (Å²) in [7, 11) is 1.81. The molecule has 0 aliphatic rings. The van der Waals surface area contributed by atoms with Crippen LogP contribution >= 0.6 is 0 Å². The predicted molar refractivity (Wildman–Crippen MR) is 94.5 cm³/mol. The van der Waals surface area contributed by atoms with Gasteiger partial charge in [-0.15, -0.1) is 0 Å². The number of amides is 2. The Kier molecular flexibility index (Phi) is 5.30. The summed E-state index contributed by atoms with van der Waals surface area (Å²) in [6.07, 6.45) is 1.64. The summed E-state index contributed by atoms with van der Waals surface area (Å²) in [4.78, 5) is 24.0. The predicted octanol–water partition coefficient (Wildman–Crippen LogP) is 1.68. The average Bonchev–Trinajstić information content (AvgIpc) is 3.26. The number of carbonyl (C=O) groups excluding carboxylic acids is 2. The van der Waals surface area contributed by atoms with Crippen molar-refractivity contribution in [1.82, 2.24) is 25.6 Å². The molecule has 0 aliphatic carbocycles. The summed E-state index contributed by atoms with van der Waals surface area (Å²) in [6.45, 7) is 2.31. The molecule has 27 heavy (non-hydrogen) atoms. The number of hydrogen-bond donors (Lipinski definition) is 2. The fraction of sp³-hybridized carbons (Fsp3) is 0.222. The minimum Gasteiger partial charge on any atom is -0.355 e. The molecule has 0 radical (unpaired) electrons. The van der Waals surface area contributed by atoms with Crippen LogP contribution in [0.2, 0.25) is 0 Å². The van der Waals surface area contributed by atoms with Gasteiger partial charge in [0.05, 0.1) is 11.8 Å². The zero-order valence-electron chi connectivity index (χ0n) is 14.8. The van der Waals surface area contributed by atoms with Crippen molar-refractivity contribution in [2.75, 3.05) is 13.1 Å². The first-order valence-corrected chi connectivity index (χ1v) is 8.23. The lowest BCUT2D eigenvalue weighted by Crippen LogP contribution is -2.34. The van der Waals surface area contributed by atoms with Gasteiger partial charge < -0.3 is 15.2 Å². The van der Waals surface area contributed by atoms with Gasteiger partial charge in [-0.1, -0.05) is 5.16 Å². The van der Waals surface area contributed by atoms with Gasteiger partial charge in [-0.3, -0.25) is 14.3 Å². The van der Waals surface area contributed by atoms with Gasteiger partial charge in [-0.25, -0.2) is 4.39 Å². The highest BCUT2D eigenvalue weighted by molar-refractivity contribution is 5.94. The molecule has 0 fully saturated rings. The summed E-state index contributed by atoms with van der Waals surface area (Å²) in [5.74, 6) is -0.717. The summed E-state index contributed by atoms with van der Waals surface area (Å²) in [6, 6.07) is 6.74. The van der Waals surface area contributed by atoms with Crippen LogP contribution < -0.4 is 10.6 Å². The molecule has 0 saturated carbocycles. The first kappa shape index (κ1) is 18.3. The molecule has 2 aromatic heterocycles. The normalized spacial score (nSPS) is 10.6. The summed E-state index contributed by atoms with van der Waals surface area (Å²) < 4.78 is 19.8. The highest BCUT2D eigenvalue weighted by atomic mass is 19.1. The smallest absolute Gasteiger partial charge is 0.273 e. The molecule has 3 rings (SSSR count). The topological polar surface area (TPSA) is 102 Å². The molecule has 8 nitrogen and oxygen atoms in total. The van der Waals surface area contributed by atoms with Crippen LogP contribution in [0.4, 0.5) is 4.39 Å². The zero-order chi connectivity index (χ0) is 19.4. The van der Waals surface area contributed by atoms with E-state index in [4.69, 9.17) is 4.52 Å². The van der Waals surface area contributed by atoms with Gasteiger partial charge in [-0.05, 0) is 31.2 Å². The first-order chi connectivity index (χ1) is 13.0. The van der Waals surface area contributed by atoms with Gasteiger partial charge in [0.15, 0.2) is 11.5 Å². The maximum absolute atomic E-state index is 12.8. The van der Waals surface area contributed by atoms with Crippen molar-refractivity contribution in [3.63, 3.8) is 0 Å². The molecule has 3 aromatic rings. The molecule has 0 aliphatic heterocycles. The lowest BCUT2D eigenvalue weighted by Gasteiger charge is -2.06. The summed E-state index contributed by atoms with van der Waals surface area (Å²) in [5, 5.41) is 13.2. The number of hydrogen-bond acceptors (Lipinski definition) is 5. The van der Waals surface area contributed by atoms with Gasteiger partial charge >= 0.3 is 0 Å². The number of aromatic nitrogens is 3. The van der Waals surface area contributed by atoms with Crippen LogP contribution in [0.3, 0.4) is 0 Å². The van der Waals surface area contributed by atoms with E-state index in [-0.39, 0.29) is 24.7 Å². The Morgan fingerprint density at radius 3 is 2.44 bits per heavy atom. The van der Waals surface area contributed by atoms with Crippen molar-refractivity contribution in [1.29, 1.82) is 0 Å². The van der Waals surface area contributed by atoms with Crippen LogP contribution in [0.15, 0.2) is 41.1 Å². The first-order valence-electron chi connectivity index (χ1n) is 8.23. The van der Waals surface area contributed by atoms with Crippen LogP contribution in [0.25, 0.3) is 11.3 Å². The van der Waals surface area contributed by atoms with Crippen molar-refractivity contribution < 1.29 is 18.5 Å². The van der Waals surface area contributed by atoms with E-state index in [0.29, 0.717) is 11.3 Å². The van der Waals surface area contributed by atoms with Crippen LogP contribution in [-0.2, 0) is 7.05 Å². The van der Waals surface area contributed by atoms with Crippen LogP contribution in [-0.4, -0.2) is 39.8 Å². The molecule has 140 valence electrons. The Labute approximate surface area is 154 Å². The van der Waals surface area contributed by atoms with Crippen molar-refractivity contribution in [3.8, 4) is 11.3 Å². The number of nitrogens with zero attached hydrogens (tertiary/aromatic N) is 3. The van der Waals surface area contributed by atoms with E-state index in [1.807, 2.05) is 14.0 Å². The van der Waals surface area contributed by atoms with Crippen molar-refractivity contribution in [2.24, 2.45) is 7.05 Å². The fourth-order valence-corrected chi connectivity index (χ4v) is 2.40. The second-order valence-electron chi connectivity index (χ2n) is 5.86. The molecule has 0 bridgehead atoms. The molecule has 2 N–H and O–H groups in total. The molecule has 0 saturated heterocycles. The standard InChI is InChI=1S/C18H18FN5O3/c1-11-14(10-22-24(11)2)16-9-15(23-27-16)18(26)21-8-7-20-17(25)12-3-5-13(19)6-4-12/h3-6,9-10H,7-8H2,1-2H3,(H,20,25)(H,21,26). The Hall–Kier alpha value is -3.49. The second-order valence-corrected chi connectivity index (χ2v) is 5.86. The number of aryl methyl sites for hydroxylation is 1. The van der Waals surface area contributed by atoms with E-state index in [0.717, 1.165) is 11.3 Å². The maximum Gasteiger partial charge on any atom is 0.273 e. The highest BCUT2D eigenvalue weighted by Gasteiger charge is 2.16. The SMILES string of the molecule is Cc1c(-c2cc(C(=O)NCCNC(=O)c3ccc(F)cc3)no2)cnn1C. The van der Waals surface area contributed by atoms with E-state index in [9.17, 15) is 14.0 Å². The molecule has 2 heterocycles. The number of benzene rings is 1. The van der Waals surface area contributed by atoms with Gasteiger partial charge in [0.1, 0.15) is 5.82 Å². The van der Waals surface area contributed by atoms with Gasteiger partial charge in [0.2, 0.25) is 0 Å². The number of nitrogens with one attached hydrogen (secondary N) is 2. The molecule has 2 amide bonds. The summed E-state index contributed by atoms with van der Waals surface area (Å²) >= 11 is 0. The molecule has 0 unspecified atom stereocenters. The molecule has 1 aromatic carbocycles. The second kappa shape index (κ2) is 7.81. The number of halogens is 1. The lowest BCUT2D eigenvalue weighted by molar-refractivity contribution is 0.0922. The minimum atomic E-state index is -0.414. The number of rotatable bonds is 6. The lowest BCUT2D eigenvalue weighted by atomic mass is 10.2. The monoisotopic (exact) mass is 371 g/mol. The minimum absolute atomic E-state index is 0.137. The maximum atomic E-state index is 12.8. The van der Waals surface area contributed by atoms with E-state index in [1.54, 1.807) is 10.9 Å². The zero-order valence-corrected chi connectivity index (χ0v) is 14.8. The van der Waals surface area contributed by atoms with Gasteiger partial charge in [0, 0.05) is 37.5 Å². The quantitative estimate of drug-likeness (QED) is 0.642. The Bertz CT molecular complexity index is 962. The molecule has 0 spiro atoms. The van der Waals surface area contributed by atoms with E-state index in [2.05, 4.69) is 20.9 Å². The largest absolute Gasteiger partial charge is 0.355 e. The van der Waals surface area contributed by atoms with Crippen LogP contribution in [0, 0.1) is 12.7 Å². The van der Waals surface area contributed by atoms with E-state index >= 15 is 0 Å². The Morgan fingerprint density at radius 2 is 1.81 bits per heavy atom. The van der Waals surface area contributed by atoms with E-state index in [1.165, 1.54) is 30.3 Å². The Morgan fingerprint density at radius 1 is 1.15 bits per heavy atom. The molecule has 0 atom stereocenters.